The lowest BCUT2D eigenvalue weighted by Gasteiger charge is -2.38. The molecule has 110 valence electrons. The number of nitrogens with zero attached hydrogens (tertiary/aromatic N) is 1. The molecule has 0 rings (SSSR count). The van der Waals surface area contributed by atoms with Crippen LogP contribution in [0.25, 0.3) is 0 Å². The van der Waals surface area contributed by atoms with Crippen LogP contribution in [0.1, 0.15) is 54.4 Å². The van der Waals surface area contributed by atoms with Crippen LogP contribution in [0.3, 0.4) is 0 Å². The van der Waals surface area contributed by atoms with Gasteiger partial charge < -0.3 is 10.2 Å². The first-order chi connectivity index (χ1) is 8.39. The Kier molecular flexibility index (Phi) is 8.89. The fourth-order valence-corrected chi connectivity index (χ4v) is 2.87. The standard InChI is InChI=1S/C16H36N2/c1-8-16(9-2,12-17-7)13-18(10-14(3)4)11-15(5)6/h14-15,17H,8-13H2,1-7H3. The molecule has 0 unspecified atom stereocenters. The Labute approximate surface area is 116 Å². The van der Waals surface area contributed by atoms with Crippen LogP contribution >= 0.6 is 0 Å². The zero-order valence-electron chi connectivity index (χ0n) is 13.8. The second-order valence-corrected chi connectivity index (χ2v) is 6.72. The number of nitrogens with one attached hydrogen (secondary N) is 1. The van der Waals surface area contributed by atoms with Crippen molar-refractivity contribution in [3.8, 4) is 0 Å². The average molecular weight is 256 g/mol. The molecule has 0 aromatic heterocycles. The third kappa shape index (κ3) is 6.75. The number of hydrogen-bond donors (Lipinski definition) is 1. The SMILES string of the molecule is CCC(CC)(CNC)CN(CC(C)C)CC(C)C. The Morgan fingerprint density at radius 2 is 1.39 bits per heavy atom. The minimum atomic E-state index is 0.443. The Morgan fingerprint density at radius 1 is 0.944 bits per heavy atom. The van der Waals surface area contributed by atoms with Crippen molar-refractivity contribution in [2.45, 2.75) is 54.4 Å². The van der Waals surface area contributed by atoms with Gasteiger partial charge in [0.25, 0.3) is 0 Å². The molecule has 0 aliphatic carbocycles. The highest BCUT2D eigenvalue weighted by Crippen LogP contribution is 2.27. The van der Waals surface area contributed by atoms with Gasteiger partial charge in [-0.25, -0.2) is 0 Å². The van der Waals surface area contributed by atoms with Crippen LogP contribution in [0.2, 0.25) is 0 Å². The fraction of sp³-hybridized carbons (Fsp3) is 1.00. The lowest BCUT2D eigenvalue weighted by atomic mass is 9.81. The van der Waals surface area contributed by atoms with Gasteiger partial charge in [-0.05, 0) is 37.1 Å². The van der Waals surface area contributed by atoms with Gasteiger partial charge in [0.1, 0.15) is 0 Å². The van der Waals surface area contributed by atoms with Crippen LogP contribution < -0.4 is 5.32 Å². The van der Waals surface area contributed by atoms with Gasteiger partial charge in [0, 0.05) is 26.2 Å². The predicted molar refractivity (Wildman–Crippen MR) is 83.1 cm³/mol. The number of rotatable bonds is 10. The topological polar surface area (TPSA) is 15.3 Å². The van der Waals surface area contributed by atoms with Crippen LogP contribution in [0.15, 0.2) is 0 Å². The molecule has 0 radical (unpaired) electrons. The summed E-state index contributed by atoms with van der Waals surface area (Å²) >= 11 is 0. The van der Waals surface area contributed by atoms with E-state index in [1.54, 1.807) is 0 Å². The smallest absolute Gasteiger partial charge is 0.00502 e. The van der Waals surface area contributed by atoms with E-state index in [2.05, 4.69) is 58.8 Å². The van der Waals surface area contributed by atoms with Crippen molar-refractivity contribution in [1.82, 2.24) is 10.2 Å². The molecule has 0 aromatic carbocycles. The summed E-state index contributed by atoms with van der Waals surface area (Å²) in [5.74, 6) is 1.51. The van der Waals surface area contributed by atoms with E-state index in [-0.39, 0.29) is 0 Å². The van der Waals surface area contributed by atoms with Crippen LogP contribution in [-0.4, -0.2) is 38.1 Å². The summed E-state index contributed by atoms with van der Waals surface area (Å²) in [6.45, 7) is 18.8. The summed E-state index contributed by atoms with van der Waals surface area (Å²) in [5.41, 5.74) is 0.443. The van der Waals surface area contributed by atoms with E-state index in [1.807, 2.05) is 0 Å². The van der Waals surface area contributed by atoms with Crippen LogP contribution in [-0.2, 0) is 0 Å². The van der Waals surface area contributed by atoms with Crippen LogP contribution in [0.4, 0.5) is 0 Å². The quantitative estimate of drug-likeness (QED) is 0.642. The van der Waals surface area contributed by atoms with E-state index in [9.17, 15) is 0 Å². The molecule has 0 fully saturated rings. The van der Waals surface area contributed by atoms with Gasteiger partial charge in [-0.1, -0.05) is 41.5 Å². The molecular formula is C16H36N2. The van der Waals surface area contributed by atoms with Gasteiger partial charge >= 0.3 is 0 Å². The minimum absolute atomic E-state index is 0.443. The zero-order valence-corrected chi connectivity index (χ0v) is 13.8. The Hall–Kier alpha value is -0.0800. The van der Waals surface area contributed by atoms with Crippen molar-refractivity contribution in [2.24, 2.45) is 17.3 Å². The molecule has 0 amide bonds. The summed E-state index contributed by atoms with van der Waals surface area (Å²) < 4.78 is 0. The normalized spacial score (nSPS) is 13.0. The van der Waals surface area contributed by atoms with E-state index in [0.29, 0.717) is 5.41 Å². The second kappa shape index (κ2) is 8.92. The van der Waals surface area contributed by atoms with Crippen molar-refractivity contribution >= 4 is 0 Å². The first-order valence-corrected chi connectivity index (χ1v) is 7.76. The molecule has 2 heteroatoms. The van der Waals surface area contributed by atoms with E-state index in [4.69, 9.17) is 0 Å². The summed E-state index contributed by atoms with van der Waals surface area (Å²) in [6.07, 6.45) is 2.52. The Balaban J connectivity index is 4.66. The monoisotopic (exact) mass is 256 g/mol. The van der Waals surface area contributed by atoms with Crippen LogP contribution in [0, 0.1) is 17.3 Å². The van der Waals surface area contributed by atoms with Gasteiger partial charge in [0.05, 0.1) is 0 Å². The van der Waals surface area contributed by atoms with Crippen molar-refractivity contribution < 1.29 is 0 Å². The molecule has 0 aromatic rings. The van der Waals surface area contributed by atoms with Gasteiger partial charge in [-0.15, -0.1) is 0 Å². The number of hydrogen-bond acceptors (Lipinski definition) is 2. The van der Waals surface area contributed by atoms with Gasteiger partial charge in [-0.3, -0.25) is 0 Å². The van der Waals surface area contributed by atoms with Crippen molar-refractivity contribution in [2.75, 3.05) is 33.2 Å². The largest absolute Gasteiger partial charge is 0.319 e. The summed E-state index contributed by atoms with van der Waals surface area (Å²) in [5, 5.41) is 3.40. The molecule has 0 aliphatic heterocycles. The van der Waals surface area contributed by atoms with Gasteiger partial charge in [0.2, 0.25) is 0 Å². The molecule has 0 bridgehead atoms. The summed E-state index contributed by atoms with van der Waals surface area (Å²) in [4.78, 5) is 2.68. The average Bonchev–Trinajstić information content (AvgIpc) is 2.26. The van der Waals surface area contributed by atoms with E-state index >= 15 is 0 Å². The lowest BCUT2D eigenvalue weighted by Crippen LogP contribution is -2.45. The maximum absolute atomic E-state index is 3.40. The zero-order chi connectivity index (χ0) is 14.2. The first kappa shape index (κ1) is 17.9. The highest BCUT2D eigenvalue weighted by Gasteiger charge is 2.28. The van der Waals surface area contributed by atoms with Crippen molar-refractivity contribution in [3.05, 3.63) is 0 Å². The molecule has 18 heavy (non-hydrogen) atoms. The molecule has 0 spiro atoms. The maximum atomic E-state index is 3.40. The van der Waals surface area contributed by atoms with E-state index in [1.165, 1.54) is 32.5 Å². The predicted octanol–water partition coefficient (Wildman–Crippen LogP) is 3.63. The first-order valence-electron chi connectivity index (χ1n) is 7.76. The lowest BCUT2D eigenvalue weighted by molar-refractivity contribution is 0.115. The molecule has 0 aliphatic rings. The van der Waals surface area contributed by atoms with E-state index in [0.717, 1.165) is 18.4 Å². The van der Waals surface area contributed by atoms with Gasteiger partial charge in [0.15, 0.2) is 0 Å². The molecule has 2 nitrogen and oxygen atoms in total. The summed E-state index contributed by atoms with van der Waals surface area (Å²) in [6, 6.07) is 0. The molecule has 0 saturated heterocycles. The third-order valence-electron chi connectivity index (χ3n) is 3.86. The third-order valence-corrected chi connectivity index (χ3v) is 3.86. The fourth-order valence-electron chi connectivity index (χ4n) is 2.87. The Morgan fingerprint density at radius 3 is 1.67 bits per heavy atom. The highest BCUT2D eigenvalue weighted by atomic mass is 15.1. The van der Waals surface area contributed by atoms with Crippen molar-refractivity contribution in [1.29, 1.82) is 0 Å². The highest BCUT2D eigenvalue weighted by molar-refractivity contribution is 4.83. The molecule has 0 heterocycles. The molecule has 0 saturated carbocycles. The maximum Gasteiger partial charge on any atom is 0.00502 e. The van der Waals surface area contributed by atoms with Gasteiger partial charge in [-0.2, -0.15) is 0 Å². The van der Waals surface area contributed by atoms with E-state index < -0.39 is 0 Å². The van der Waals surface area contributed by atoms with Crippen LogP contribution in [0.5, 0.6) is 0 Å². The molecule has 1 N–H and O–H groups in total. The second-order valence-electron chi connectivity index (χ2n) is 6.72. The molecular weight excluding hydrogens is 220 g/mol. The Bertz CT molecular complexity index is 185. The van der Waals surface area contributed by atoms with Crippen molar-refractivity contribution in [3.63, 3.8) is 0 Å². The minimum Gasteiger partial charge on any atom is -0.319 e. The summed E-state index contributed by atoms with van der Waals surface area (Å²) in [7, 11) is 2.08. The molecule has 0 atom stereocenters.